The van der Waals surface area contributed by atoms with Crippen molar-refractivity contribution in [3.05, 3.63) is 53.5 Å². The third-order valence-electron chi connectivity index (χ3n) is 6.14. The standard InChI is InChI=1S/C25H30FN3O3/c1-28(2)22-16-18(10-14-30)4-7-23(22)31-15-3-11-29-12-8-19(9-13-29)25-21-6-5-20(26)17-24(21)32-27-25/h4-7,14,16-17,19H,3,8-13,15H2,1-2H3. The largest absolute Gasteiger partial charge is 0.491 e. The number of hydrogen-bond donors (Lipinski definition) is 0. The van der Waals surface area contributed by atoms with Crippen molar-refractivity contribution >= 4 is 22.9 Å². The summed E-state index contributed by atoms with van der Waals surface area (Å²) in [5.41, 5.74) is 3.46. The minimum absolute atomic E-state index is 0.299. The third kappa shape index (κ3) is 5.10. The Bertz CT molecular complexity index is 1060. The predicted octanol–water partition coefficient (Wildman–Crippen LogP) is 4.42. The van der Waals surface area contributed by atoms with Crippen LogP contribution in [0.15, 0.2) is 40.9 Å². The van der Waals surface area contributed by atoms with Crippen molar-refractivity contribution in [2.24, 2.45) is 0 Å². The Labute approximate surface area is 187 Å². The molecule has 2 heterocycles. The summed E-state index contributed by atoms with van der Waals surface area (Å²) in [6, 6.07) is 10.6. The molecule has 0 saturated carbocycles. The van der Waals surface area contributed by atoms with Crippen molar-refractivity contribution in [2.75, 3.05) is 45.2 Å². The summed E-state index contributed by atoms with van der Waals surface area (Å²) in [4.78, 5) is 15.3. The van der Waals surface area contributed by atoms with Crippen LogP contribution in [-0.2, 0) is 11.2 Å². The monoisotopic (exact) mass is 439 g/mol. The third-order valence-corrected chi connectivity index (χ3v) is 6.14. The van der Waals surface area contributed by atoms with Crippen molar-refractivity contribution in [2.45, 2.75) is 31.6 Å². The molecule has 0 radical (unpaired) electrons. The molecule has 1 aliphatic heterocycles. The Morgan fingerprint density at radius 3 is 2.78 bits per heavy atom. The lowest BCUT2D eigenvalue weighted by Gasteiger charge is -2.31. The van der Waals surface area contributed by atoms with E-state index in [9.17, 15) is 9.18 Å². The minimum atomic E-state index is -0.299. The molecule has 0 aliphatic carbocycles. The van der Waals surface area contributed by atoms with Crippen LogP contribution in [0.25, 0.3) is 11.0 Å². The van der Waals surface area contributed by atoms with Gasteiger partial charge in [0.1, 0.15) is 17.9 Å². The lowest BCUT2D eigenvalue weighted by molar-refractivity contribution is -0.107. The SMILES string of the molecule is CN(C)c1cc(CC=O)ccc1OCCCN1CCC(c2noc3cc(F)ccc23)CC1. The van der Waals surface area contributed by atoms with Crippen LogP contribution in [0.5, 0.6) is 5.75 Å². The van der Waals surface area contributed by atoms with Crippen LogP contribution in [0.4, 0.5) is 10.1 Å². The van der Waals surface area contributed by atoms with E-state index in [1.165, 1.54) is 12.1 Å². The van der Waals surface area contributed by atoms with E-state index in [0.29, 0.717) is 24.5 Å². The van der Waals surface area contributed by atoms with E-state index in [1.807, 2.05) is 37.2 Å². The molecular formula is C25H30FN3O3. The lowest BCUT2D eigenvalue weighted by Crippen LogP contribution is -2.34. The summed E-state index contributed by atoms with van der Waals surface area (Å²) in [5.74, 6) is 0.895. The first-order chi connectivity index (χ1) is 15.5. The molecule has 7 heteroatoms. The number of ether oxygens (including phenoxy) is 1. The quantitative estimate of drug-likeness (QED) is 0.363. The van der Waals surface area contributed by atoms with Gasteiger partial charge in [0.2, 0.25) is 0 Å². The summed E-state index contributed by atoms with van der Waals surface area (Å²) in [7, 11) is 3.96. The van der Waals surface area contributed by atoms with Gasteiger partial charge in [0.25, 0.3) is 0 Å². The number of carbonyl (C=O) groups is 1. The number of aldehydes is 1. The van der Waals surface area contributed by atoms with Gasteiger partial charge in [-0.15, -0.1) is 0 Å². The van der Waals surface area contributed by atoms with Gasteiger partial charge in [0.15, 0.2) is 5.58 Å². The zero-order valence-electron chi connectivity index (χ0n) is 18.7. The van der Waals surface area contributed by atoms with E-state index in [-0.39, 0.29) is 5.82 Å². The van der Waals surface area contributed by atoms with Crippen molar-refractivity contribution in [3.63, 3.8) is 0 Å². The van der Waals surface area contributed by atoms with Gasteiger partial charge in [-0.05, 0) is 62.2 Å². The normalized spacial score (nSPS) is 15.2. The molecule has 0 bridgehead atoms. The van der Waals surface area contributed by atoms with Crippen molar-refractivity contribution in [3.8, 4) is 5.75 Å². The van der Waals surface area contributed by atoms with E-state index in [2.05, 4.69) is 10.1 Å². The molecule has 170 valence electrons. The molecule has 4 rings (SSSR count). The lowest BCUT2D eigenvalue weighted by atomic mass is 9.91. The van der Waals surface area contributed by atoms with Gasteiger partial charge in [-0.2, -0.15) is 0 Å². The number of hydrogen-bond acceptors (Lipinski definition) is 6. The number of nitrogens with zero attached hydrogens (tertiary/aromatic N) is 3. The highest BCUT2D eigenvalue weighted by Gasteiger charge is 2.25. The first-order valence-corrected chi connectivity index (χ1v) is 11.2. The van der Waals surface area contributed by atoms with Gasteiger partial charge in [0, 0.05) is 44.4 Å². The van der Waals surface area contributed by atoms with Gasteiger partial charge in [-0.1, -0.05) is 11.2 Å². The van der Waals surface area contributed by atoms with Crippen LogP contribution in [0.2, 0.25) is 0 Å². The Morgan fingerprint density at radius 2 is 2.03 bits per heavy atom. The zero-order valence-corrected chi connectivity index (χ0v) is 18.7. The van der Waals surface area contributed by atoms with E-state index < -0.39 is 0 Å². The maximum absolute atomic E-state index is 13.4. The van der Waals surface area contributed by atoms with Gasteiger partial charge in [-0.3, -0.25) is 0 Å². The van der Waals surface area contributed by atoms with Crippen LogP contribution in [-0.4, -0.2) is 56.7 Å². The fourth-order valence-electron chi connectivity index (χ4n) is 4.38. The van der Waals surface area contributed by atoms with Gasteiger partial charge >= 0.3 is 0 Å². The number of halogens is 1. The molecule has 32 heavy (non-hydrogen) atoms. The maximum atomic E-state index is 13.4. The predicted molar refractivity (Wildman–Crippen MR) is 123 cm³/mol. The fraction of sp³-hybridized carbons (Fsp3) is 0.440. The van der Waals surface area contributed by atoms with Crippen molar-refractivity contribution < 1.29 is 18.4 Å². The Balaban J connectivity index is 1.25. The van der Waals surface area contributed by atoms with E-state index in [0.717, 1.165) is 73.3 Å². The summed E-state index contributed by atoms with van der Waals surface area (Å²) < 4.78 is 24.8. The first kappa shape index (κ1) is 22.3. The van der Waals surface area contributed by atoms with Gasteiger partial charge < -0.3 is 23.9 Å². The number of piperidine rings is 1. The van der Waals surface area contributed by atoms with Crippen molar-refractivity contribution in [1.29, 1.82) is 0 Å². The number of anilines is 1. The second-order valence-corrected chi connectivity index (χ2v) is 8.59. The number of rotatable bonds is 9. The number of aromatic nitrogens is 1. The summed E-state index contributed by atoms with van der Waals surface area (Å²) in [5, 5.41) is 5.16. The van der Waals surface area contributed by atoms with Crippen molar-refractivity contribution in [1.82, 2.24) is 10.1 Å². The van der Waals surface area contributed by atoms with E-state index in [4.69, 9.17) is 9.26 Å². The fourth-order valence-corrected chi connectivity index (χ4v) is 4.38. The molecule has 0 N–H and O–H groups in total. The van der Waals surface area contributed by atoms with E-state index >= 15 is 0 Å². The highest BCUT2D eigenvalue weighted by molar-refractivity contribution is 5.79. The molecular weight excluding hydrogens is 409 g/mol. The molecule has 0 amide bonds. The Morgan fingerprint density at radius 1 is 1.22 bits per heavy atom. The Kier molecular flexibility index (Phi) is 7.05. The number of benzene rings is 2. The number of fused-ring (bicyclic) bond motifs is 1. The summed E-state index contributed by atoms with van der Waals surface area (Å²) >= 11 is 0. The van der Waals surface area contributed by atoms with Gasteiger partial charge in [0.05, 0.1) is 18.0 Å². The maximum Gasteiger partial charge on any atom is 0.170 e. The average molecular weight is 440 g/mol. The first-order valence-electron chi connectivity index (χ1n) is 11.2. The molecule has 1 aromatic heterocycles. The molecule has 2 aromatic carbocycles. The highest BCUT2D eigenvalue weighted by atomic mass is 19.1. The summed E-state index contributed by atoms with van der Waals surface area (Å²) in [6.07, 6.45) is 4.31. The summed E-state index contributed by atoms with van der Waals surface area (Å²) in [6.45, 7) is 3.64. The van der Waals surface area contributed by atoms with E-state index in [1.54, 1.807) is 6.07 Å². The minimum Gasteiger partial charge on any atom is -0.491 e. The smallest absolute Gasteiger partial charge is 0.170 e. The molecule has 3 aromatic rings. The number of likely N-dealkylation sites (tertiary alicyclic amines) is 1. The van der Waals surface area contributed by atoms with Crippen LogP contribution in [0.1, 0.15) is 36.4 Å². The van der Waals surface area contributed by atoms with Crippen LogP contribution in [0.3, 0.4) is 0 Å². The molecule has 0 atom stereocenters. The molecule has 0 spiro atoms. The zero-order chi connectivity index (χ0) is 22.5. The van der Waals surface area contributed by atoms with Crippen LogP contribution >= 0.6 is 0 Å². The highest BCUT2D eigenvalue weighted by Crippen LogP contribution is 2.33. The molecule has 0 unspecified atom stereocenters. The number of carbonyl (C=O) groups excluding carboxylic acids is 1. The van der Waals surface area contributed by atoms with Crippen LogP contribution in [0, 0.1) is 5.82 Å². The molecule has 1 fully saturated rings. The second kappa shape index (κ2) is 10.1. The molecule has 1 aliphatic rings. The molecule has 6 nitrogen and oxygen atoms in total. The molecule has 1 saturated heterocycles. The topological polar surface area (TPSA) is 58.8 Å². The second-order valence-electron chi connectivity index (χ2n) is 8.59. The van der Waals surface area contributed by atoms with Gasteiger partial charge in [-0.25, -0.2) is 4.39 Å². The Hall–Kier alpha value is -2.93. The average Bonchev–Trinajstić information content (AvgIpc) is 3.21. The van der Waals surface area contributed by atoms with Crippen LogP contribution < -0.4 is 9.64 Å².